The van der Waals surface area contributed by atoms with E-state index in [1.807, 2.05) is 0 Å². The van der Waals surface area contributed by atoms with Crippen molar-refractivity contribution in [2.75, 3.05) is 26.7 Å². The Labute approximate surface area is 129 Å². The molecule has 0 aromatic carbocycles. The van der Waals surface area contributed by atoms with Crippen LogP contribution in [0.25, 0.3) is 0 Å². The van der Waals surface area contributed by atoms with E-state index in [1.165, 1.54) is 12.4 Å². The smallest absolute Gasteiger partial charge is 0.358 e. The molecule has 8 nitrogen and oxygen atoms in total. The summed E-state index contributed by atoms with van der Waals surface area (Å²) in [6, 6.07) is -0.866. The molecule has 130 valence electrons. The zero-order valence-corrected chi connectivity index (χ0v) is 12.3. The van der Waals surface area contributed by atoms with Gasteiger partial charge in [-0.3, -0.25) is 19.2 Å². The van der Waals surface area contributed by atoms with Crippen LogP contribution in [0.1, 0.15) is 12.8 Å². The number of nitrogens with zero attached hydrogens (tertiary/aromatic N) is 1. The molecule has 0 aliphatic carbocycles. The topological polar surface area (TPSA) is 108 Å². The average molecular weight is 338 g/mol. The second-order valence-corrected chi connectivity index (χ2v) is 4.82. The molecule has 23 heavy (non-hydrogen) atoms. The van der Waals surface area contributed by atoms with Gasteiger partial charge in [-0.25, -0.2) is 0 Å². The Morgan fingerprint density at radius 1 is 1.13 bits per heavy atom. The highest BCUT2D eigenvalue weighted by Gasteiger charge is 2.40. The minimum absolute atomic E-state index is 0.193. The van der Waals surface area contributed by atoms with Crippen molar-refractivity contribution in [3.63, 3.8) is 0 Å². The van der Waals surface area contributed by atoms with Crippen LogP contribution in [0.15, 0.2) is 0 Å². The van der Waals surface area contributed by atoms with Crippen LogP contribution in [0, 0.1) is 0 Å². The van der Waals surface area contributed by atoms with E-state index < -0.39 is 42.4 Å². The van der Waals surface area contributed by atoms with E-state index in [4.69, 9.17) is 0 Å². The Morgan fingerprint density at radius 3 is 2.35 bits per heavy atom. The molecule has 1 unspecified atom stereocenters. The molecule has 0 saturated carbocycles. The van der Waals surface area contributed by atoms with Gasteiger partial charge in [0, 0.05) is 13.6 Å². The van der Waals surface area contributed by atoms with Gasteiger partial charge in [0.25, 0.3) is 0 Å². The predicted molar refractivity (Wildman–Crippen MR) is 70.9 cm³/mol. The standard InChI is InChI=1S/C12H17F3N4O4/c1-16-8(20)5-17-10(22)7-3-2-4-19(7)9(21)6-18-11(23)12(13,14)15/h7H,2-6H2,1H3,(H,16,20)(H,17,22)(H,18,23). The van der Waals surface area contributed by atoms with Crippen LogP contribution in [0.3, 0.4) is 0 Å². The highest BCUT2D eigenvalue weighted by molar-refractivity contribution is 5.92. The van der Waals surface area contributed by atoms with Crippen molar-refractivity contribution >= 4 is 23.6 Å². The molecule has 0 spiro atoms. The zero-order valence-electron chi connectivity index (χ0n) is 12.3. The fourth-order valence-corrected chi connectivity index (χ4v) is 2.07. The fraction of sp³-hybridized carbons (Fsp3) is 0.667. The molecule has 1 heterocycles. The van der Waals surface area contributed by atoms with Crippen molar-refractivity contribution in [1.82, 2.24) is 20.9 Å². The number of carbonyl (C=O) groups is 4. The number of carbonyl (C=O) groups excluding carboxylic acids is 4. The summed E-state index contributed by atoms with van der Waals surface area (Å²) in [5.41, 5.74) is 0. The van der Waals surface area contributed by atoms with E-state index >= 15 is 0 Å². The number of alkyl halides is 3. The van der Waals surface area contributed by atoms with Crippen molar-refractivity contribution in [3.8, 4) is 0 Å². The lowest BCUT2D eigenvalue weighted by molar-refractivity contribution is -0.174. The first-order valence-corrected chi connectivity index (χ1v) is 6.79. The van der Waals surface area contributed by atoms with Crippen LogP contribution in [0.5, 0.6) is 0 Å². The minimum Gasteiger partial charge on any atom is -0.358 e. The summed E-state index contributed by atoms with van der Waals surface area (Å²) in [7, 11) is 1.39. The number of nitrogens with one attached hydrogen (secondary N) is 3. The second kappa shape index (κ2) is 7.79. The van der Waals surface area contributed by atoms with Crippen molar-refractivity contribution in [3.05, 3.63) is 0 Å². The van der Waals surface area contributed by atoms with Crippen LogP contribution < -0.4 is 16.0 Å². The van der Waals surface area contributed by atoms with Gasteiger partial charge in [0.05, 0.1) is 13.1 Å². The number of rotatable bonds is 5. The zero-order chi connectivity index (χ0) is 17.6. The molecule has 3 N–H and O–H groups in total. The molecular weight excluding hydrogens is 321 g/mol. The van der Waals surface area contributed by atoms with Crippen molar-refractivity contribution in [2.45, 2.75) is 25.1 Å². The molecule has 11 heteroatoms. The largest absolute Gasteiger partial charge is 0.471 e. The van der Waals surface area contributed by atoms with Gasteiger partial charge in [0.1, 0.15) is 6.04 Å². The van der Waals surface area contributed by atoms with Gasteiger partial charge >= 0.3 is 12.1 Å². The van der Waals surface area contributed by atoms with Gasteiger partial charge in [0.15, 0.2) is 0 Å². The van der Waals surface area contributed by atoms with Crippen molar-refractivity contribution < 1.29 is 32.3 Å². The Hall–Kier alpha value is -2.33. The van der Waals surface area contributed by atoms with E-state index in [0.29, 0.717) is 12.8 Å². The molecular formula is C12H17F3N4O4. The molecule has 1 atom stereocenters. The third-order valence-electron chi connectivity index (χ3n) is 3.24. The summed E-state index contributed by atoms with van der Waals surface area (Å²) in [4.78, 5) is 46.6. The third-order valence-corrected chi connectivity index (χ3v) is 3.24. The summed E-state index contributed by atoms with van der Waals surface area (Å²) < 4.78 is 36.2. The maximum atomic E-state index is 12.1. The normalized spacial score (nSPS) is 17.6. The van der Waals surface area contributed by atoms with Crippen LogP contribution in [0.4, 0.5) is 13.2 Å². The summed E-state index contributed by atoms with van der Waals surface area (Å²) in [6.07, 6.45) is -4.24. The lowest BCUT2D eigenvalue weighted by atomic mass is 10.2. The second-order valence-electron chi connectivity index (χ2n) is 4.82. The van der Waals surface area contributed by atoms with E-state index in [1.54, 1.807) is 0 Å². The Balaban J connectivity index is 2.54. The van der Waals surface area contributed by atoms with Crippen LogP contribution in [-0.2, 0) is 19.2 Å². The van der Waals surface area contributed by atoms with Gasteiger partial charge in [-0.15, -0.1) is 0 Å². The summed E-state index contributed by atoms with van der Waals surface area (Å²) in [6.45, 7) is -0.922. The number of likely N-dealkylation sites (tertiary alicyclic amines) is 1. The molecule has 1 rings (SSSR count). The van der Waals surface area contributed by atoms with Gasteiger partial charge < -0.3 is 20.9 Å². The molecule has 1 saturated heterocycles. The highest BCUT2D eigenvalue weighted by Crippen LogP contribution is 2.18. The summed E-state index contributed by atoms with van der Waals surface area (Å²) in [5, 5.41) is 6.11. The van der Waals surface area contributed by atoms with Crippen LogP contribution in [-0.4, -0.2) is 67.4 Å². The maximum Gasteiger partial charge on any atom is 0.471 e. The number of hydrogen-bond donors (Lipinski definition) is 3. The van der Waals surface area contributed by atoms with E-state index in [-0.39, 0.29) is 13.1 Å². The van der Waals surface area contributed by atoms with Crippen molar-refractivity contribution in [2.24, 2.45) is 0 Å². The third kappa shape index (κ3) is 5.42. The first-order chi connectivity index (χ1) is 10.7. The predicted octanol–water partition coefficient (Wildman–Crippen LogP) is -1.48. The van der Waals surface area contributed by atoms with Gasteiger partial charge in [-0.05, 0) is 12.8 Å². The van der Waals surface area contributed by atoms with E-state index in [2.05, 4.69) is 10.6 Å². The Morgan fingerprint density at radius 2 is 1.78 bits per heavy atom. The molecule has 0 aromatic heterocycles. The lowest BCUT2D eigenvalue weighted by Gasteiger charge is -2.24. The molecule has 0 aromatic rings. The highest BCUT2D eigenvalue weighted by atomic mass is 19.4. The summed E-state index contributed by atoms with van der Waals surface area (Å²) in [5.74, 6) is -4.00. The molecule has 1 aliphatic rings. The van der Waals surface area contributed by atoms with E-state index in [9.17, 15) is 32.3 Å². The number of hydrogen-bond acceptors (Lipinski definition) is 4. The fourth-order valence-electron chi connectivity index (χ4n) is 2.07. The van der Waals surface area contributed by atoms with Gasteiger partial charge in [-0.1, -0.05) is 0 Å². The molecule has 1 fully saturated rings. The number of likely N-dealkylation sites (N-methyl/N-ethyl adjacent to an activating group) is 1. The minimum atomic E-state index is -5.07. The SMILES string of the molecule is CNC(=O)CNC(=O)C1CCCN1C(=O)CNC(=O)C(F)(F)F. The molecule has 0 bridgehead atoms. The van der Waals surface area contributed by atoms with Gasteiger partial charge in [0.2, 0.25) is 17.7 Å². The maximum absolute atomic E-state index is 12.1. The molecule has 0 radical (unpaired) electrons. The van der Waals surface area contributed by atoms with E-state index in [0.717, 1.165) is 4.90 Å². The lowest BCUT2D eigenvalue weighted by Crippen LogP contribution is -2.51. The first kappa shape index (κ1) is 18.7. The molecule has 1 aliphatic heterocycles. The monoisotopic (exact) mass is 338 g/mol. The summed E-state index contributed by atoms with van der Waals surface area (Å²) >= 11 is 0. The Bertz CT molecular complexity index is 495. The van der Waals surface area contributed by atoms with Crippen LogP contribution >= 0.6 is 0 Å². The average Bonchev–Trinajstić information content (AvgIpc) is 2.98. The van der Waals surface area contributed by atoms with Crippen molar-refractivity contribution in [1.29, 1.82) is 0 Å². The first-order valence-electron chi connectivity index (χ1n) is 6.79. The number of amides is 4. The molecule has 4 amide bonds. The van der Waals surface area contributed by atoms with Crippen LogP contribution in [0.2, 0.25) is 0 Å². The number of halogens is 3. The van der Waals surface area contributed by atoms with Gasteiger partial charge in [-0.2, -0.15) is 13.2 Å². The Kier molecular flexibility index (Phi) is 6.34. The quantitative estimate of drug-likeness (QED) is 0.568.